The molecule has 0 aliphatic heterocycles. The largest absolute Gasteiger partial charge is 0.444 e. The van der Waals surface area contributed by atoms with Gasteiger partial charge >= 0.3 is 6.09 Å². The van der Waals surface area contributed by atoms with Gasteiger partial charge in [-0.25, -0.2) is 4.79 Å². The van der Waals surface area contributed by atoms with E-state index in [1.165, 1.54) is 6.92 Å². The summed E-state index contributed by atoms with van der Waals surface area (Å²) < 4.78 is 5.15. The Kier molecular flexibility index (Phi) is 7.40. The van der Waals surface area contributed by atoms with Crippen molar-refractivity contribution in [1.82, 2.24) is 5.32 Å². The molecule has 0 saturated carbocycles. The minimum Gasteiger partial charge on any atom is -0.444 e. The quantitative estimate of drug-likeness (QED) is 0.673. The first kappa shape index (κ1) is 22.4. The number of rotatable bonds is 6. The van der Waals surface area contributed by atoms with Gasteiger partial charge in [-0.15, -0.1) is 0 Å². The number of ether oxygens (including phenoxy) is 1. The second-order valence-corrected chi connectivity index (χ2v) is 8.01. The minimum atomic E-state index is -0.874. The molecule has 7 heteroatoms. The van der Waals surface area contributed by atoms with Gasteiger partial charge in [-0.1, -0.05) is 48.0 Å². The van der Waals surface area contributed by atoms with Crippen molar-refractivity contribution >= 4 is 35.1 Å². The second kappa shape index (κ2) is 9.56. The Hall–Kier alpha value is -2.86. The van der Waals surface area contributed by atoms with E-state index in [0.29, 0.717) is 5.69 Å². The Labute approximate surface area is 175 Å². The zero-order valence-electron chi connectivity index (χ0n) is 16.9. The third-order valence-electron chi connectivity index (χ3n) is 3.88. The third kappa shape index (κ3) is 6.91. The number of hydrogen-bond acceptors (Lipinski definition) is 4. The van der Waals surface area contributed by atoms with E-state index < -0.39 is 23.6 Å². The summed E-state index contributed by atoms with van der Waals surface area (Å²) in [7, 11) is 0. The van der Waals surface area contributed by atoms with Gasteiger partial charge in [-0.05, 0) is 45.4 Å². The Morgan fingerprint density at radius 1 is 1.03 bits per heavy atom. The molecule has 0 saturated heterocycles. The number of Topliss-reactive ketones (excluding diaryl/α,β-unsaturated/α-hetero) is 1. The van der Waals surface area contributed by atoms with Gasteiger partial charge in [-0.3, -0.25) is 9.59 Å². The molecule has 154 valence electrons. The highest BCUT2D eigenvalue weighted by atomic mass is 35.5. The minimum absolute atomic E-state index is 0.152. The van der Waals surface area contributed by atoms with Crippen LogP contribution in [0, 0.1) is 0 Å². The number of amides is 2. The van der Waals surface area contributed by atoms with Gasteiger partial charge in [-0.2, -0.15) is 0 Å². The molecule has 0 bridgehead atoms. The average molecular weight is 417 g/mol. The van der Waals surface area contributed by atoms with Crippen molar-refractivity contribution in [2.75, 3.05) is 5.32 Å². The smallest absolute Gasteiger partial charge is 0.408 e. The van der Waals surface area contributed by atoms with Crippen LogP contribution in [0.15, 0.2) is 48.5 Å². The van der Waals surface area contributed by atoms with E-state index in [2.05, 4.69) is 10.6 Å². The number of alkyl carbamates (subject to hydrolysis) is 1. The maximum Gasteiger partial charge on any atom is 0.408 e. The summed E-state index contributed by atoms with van der Waals surface area (Å²) >= 11 is 6.25. The molecule has 0 heterocycles. The van der Waals surface area contributed by atoms with Crippen LogP contribution in [0.3, 0.4) is 0 Å². The lowest BCUT2D eigenvalue weighted by atomic mass is 10.0. The number of carbonyl (C=O) groups excluding carboxylic acids is 3. The van der Waals surface area contributed by atoms with Gasteiger partial charge in [0.25, 0.3) is 0 Å². The van der Waals surface area contributed by atoms with Crippen molar-refractivity contribution in [2.24, 2.45) is 0 Å². The van der Waals surface area contributed by atoms with Crippen LogP contribution in [0.4, 0.5) is 10.5 Å². The molecule has 2 aromatic rings. The predicted molar refractivity (Wildman–Crippen MR) is 113 cm³/mol. The fourth-order valence-electron chi connectivity index (χ4n) is 2.57. The van der Waals surface area contributed by atoms with E-state index in [4.69, 9.17) is 16.3 Å². The number of ketones is 1. The molecule has 2 rings (SSSR count). The molecule has 29 heavy (non-hydrogen) atoms. The first-order valence-electron chi connectivity index (χ1n) is 9.23. The summed E-state index contributed by atoms with van der Waals surface area (Å²) in [4.78, 5) is 37.2. The first-order chi connectivity index (χ1) is 13.6. The van der Waals surface area contributed by atoms with Gasteiger partial charge in [0.1, 0.15) is 11.6 Å². The number of carbonyl (C=O) groups is 3. The first-order valence-corrected chi connectivity index (χ1v) is 9.60. The number of hydrogen-bond donors (Lipinski definition) is 2. The molecule has 2 aromatic carbocycles. The molecule has 0 fully saturated rings. The molecule has 1 atom stereocenters. The SMILES string of the molecule is C[C@H](NC(=O)OC(C)(C)C)C(=O)Nc1cccc(Cl)c1C(=O)Cc1ccccc1. The predicted octanol–water partition coefficient (Wildman–Crippen LogP) is 4.62. The molecular weight excluding hydrogens is 392 g/mol. The van der Waals surface area contributed by atoms with E-state index in [1.54, 1.807) is 39.0 Å². The molecule has 0 radical (unpaired) electrons. The second-order valence-electron chi connectivity index (χ2n) is 7.61. The van der Waals surface area contributed by atoms with Crippen LogP contribution in [0.1, 0.15) is 43.6 Å². The highest BCUT2D eigenvalue weighted by molar-refractivity contribution is 6.35. The Morgan fingerprint density at radius 2 is 1.69 bits per heavy atom. The van der Waals surface area contributed by atoms with Gasteiger partial charge in [0.2, 0.25) is 5.91 Å². The van der Waals surface area contributed by atoms with Gasteiger partial charge in [0, 0.05) is 6.42 Å². The molecule has 0 unspecified atom stereocenters. The molecule has 2 amide bonds. The van der Waals surface area contributed by atoms with E-state index in [9.17, 15) is 14.4 Å². The average Bonchev–Trinajstić information content (AvgIpc) is 2.60. The summed E-state index contributed by atoms with van der Waals surface area (Å²) in [5.74, 6) is -0.711. The zero-order chi connectivity index (χ0) is 21.6. The van der Waals surface area contributed by atoms with Crippen LogP contribution in [-0.4, -0.2) is 29.4 Å². The topological polar surface area (TPSA) is 84.5 Å². The fourth-order valence-corrected chi connectivity index (χ4v) is 2.85. The molecular formula is C22H25ClN2O4. The van der Waals surface area contributed by atoms with Gasteiger partial charge in [0.15, 0.2) is 5.78 Å². The molecule has 0 aromatic heterocycles. The van der Waals surface area contributed by atoms with Gasteiger partial charge < -0.3 is 15.4 Å². The van der Waals surface area contributed by atoms with Crippen LogP contribution in [0.25, 0.3) is 0 Å². The third-order valence-corrected chi connectivity index (χ3v) is 4.20. The Morgan fingerprint density at radius 3 is 2.31 bits per heavy atom. The molecule has 0 aliphatic carbocycles. The summed E-state index contributed by atoms with van der Waals surface area (Å²) in [5.41, 5.74) is 0.691. The highest BCUT2D eigenvalue weighted by Crippen LogP contribution is 2.26. The number of benzene rings is 2. The maximum absolute atomic E-state index is 12.8. The van der Waals surface area contributed by atoms with Crippen molar-refractivity contribution in [3.05, 3.63) is 64.7 Å². The normalized spacial score (nSPS) is 12.0. The summed E-state index contributed by atoms with van der Waals surface area (Å²) in [6.45, 7) is 6.71. The van der Waals surface area contributed by atoms with Crippen molar-refractivity contribution in [2.45, 2.75) is 45.8 Å². The maximum atomic E-state index is 12.8. The molecule has 0 spiro atoms. The van der Waals surface area contributed by atoms with Crippen molar-refractivity contribution < 1.29 is 19.1 Å². The van der Waals surface area contributed by atoms with Crippen molar-refractivity contribution in [3.8, 4) is 0 Å². The lowest BCUT2D eigenvalue weighted by Crippen LogP contribution is -2.44. The van der Waals surface area contributed by atoms with Crippen LogP contribution in [0.5, 0.6) is 0 Å². The van der Waals surface area contributed by atoms with Crippen molar-refractivity contribution in [1.29, 1.82) is 0 Å². The zero-order valence-corrected chi connectivity index (χ0v) is 17.7. The number of nitrogens with one attached hydrogen (secondary N) is 2. The Balaban J connectivity index is 2.12. The standard InChI is InChI=1S/C22H25ClN2O4/c1-14(24-21(28)29-22(2,3)4)20(27)25-17-12-8-11-16(23)19(17)18(26)13-15-9-6-5-7-10-15/h5-12,14H,13H2,1-4H3,(H,24,28)(H,25,27)/t14-/m0/s1. The van der Waals surface area contributed by atoms with Crippen LogP contribution < -0.4 is 10.6 Å². The molecule has 0 aliphatic rings. The summed E-state index contributed by atoms with van der Waals surface area (Å²) in [6.07, 6.45) is -0.550. The summed E-state index contributed by atoms with van der Waals surface area (Å²) in [6, 6.07) is 13.2. The lowest BCUT2D eigenvalue weighted by Gasteiger charge is -2.22. The van der Waals surface area contributed by atoms with Crippen LogP contribution >= 0.6 is 11.6 Å². The lowest BCUT2D eigenvalue weighted by molar-refractivity contribution is -0.117. The fraction of sp³-hybridized carbons (Fsp3) is 0.318. The summed E-state index contributed by atoms with van der Waals surface area (Å²) in [5, 5.41) is 5.39. The monoisotopic (exact) mass is 416 g/mol. The molecule has 2 N–H and O–H groups in total. The van der Waals surface area contributed by atoms with E-state index in [1.807, 2.05) is 30.3 Å². The highest BCUT2D eigenvalue weighted by Gasteiger charge is 2.23. The number of anilines is 1. The Bertz CT molecular complexity index is 891. The van der Waals surface area contributed by atoms with E-state index >= 15 is 0 Å². The van der Waals surface area contributed by atoms with Crippen molar-refractivity contribution in [3.63, 3.8) is 0 Å². The van der Waals surface area contributed by atoms with Gasteiger partial charge in [0.05, 0.1) is 16.3 Å². The van der Waals surface area contributed by atoms with E-state index in [0.717, 1.165) is 5.56 Å². The molecule has 6 nitrogen and oxygen atoms in total. The van der Waals surface area contributed by atoms with Crippen LogP contribution in [0.2, 0.25) is 5.02 Å². The van der Waals surface area contributed by atoms with E-state index in [-0.39, 0.29) is 22.8 Å². The van der Waals surface area contributed by atoms with Crippen LogP contribution in [-0.2, 0) is 16.0 Å². The number of halogens is 1.